The smallest absolute Gasteiger partial charge is 0.324 e. The van der Waals surface area contributed by atoms with Crippen LogP contribution in [0.3, 0.4) is 0 Å². The highest BCUT2D eigenvalue weighted by atomic mass is 32.2. The molecule has 1 unspecified atom stereocenters. The zero-order chi connectivity index (χ0) is 14.9. The SMILES string of the molecule is COC(=O)C1CCCN1S(=O)(=O)c1cc(C)ccc1C. The van der Waals surface area contributed by atoms with Crippen LogP contribution in [0.15, 0.2) is 23.1 Å². The summed E-state index contributed by atoms with van der Waals surface area (Å²) in [7, 11) is -2.38. The molecular formula is C14H19NO4S. The Kier molecular flexibility index (Phi) is 4.15. The second kappa shape index (κ2) is 5.54. The van der Waals surface area contributed by atoms with Crippen molar-refractivity contribution >= 4 is 16.0 Å². The predicted octanol–water partition coefficient (Wildman–Crippen LogP) is 1.63. The first-order valence-corrected chi connectivity index (χ1v) is 7.99. The van der Waals surface area contributed by atoms with Crippen molar-refractivity contribution in [3.8, 4) is 0 Å². The van der Waals surface area contributed by atoms with Crippen LogP contribution in [-0.4, -0.2) is 38.4 Å². The molecule has 20 heavy (non-hydrogen) atoms. The van der Waals surface area contributed by atoms with E-state index in [0.717, 1.165) is 5.56 Å². The molecule has 1 fully saturated rings. The summed E-state index contributed by atoms with van der Waals surface area (Å²) in [5.74, 6) is -0.489. The van der Waals surface area contributed by atoms with Gasteiger partial charge < -0.3 is 4.74 Å². The van der Waals surface area contributed by atoms with E-state index in [2.05, 4.69) is 0 Å². The normalized spacial score (nSPS) is 20.1. The Hall–Kier alpha value is -1.40. The lowest BCUT2D eigenvalue weighted by molar-refractivity contribution is -0.144. The molecule has 1 atom stereocenters. The number of methoxy groups -OCH3 is 1. The maximum absolute atomic E-state index is 12.8. The van der Waals surface area contributed by atoms with Crippen LogP contribution < -0.4 is 0 Å². The second-order valence-corrected chi connectivity index (χ2v) is 6.92. The molecule has 1 aliphatic rings. The number of nitrogens with zero attached hydrogens (tertiary/aromatic N) is 1. The number of hydrogen-bond donors (Lipinski definition) is 0. The van der Waals surface area contributed by atoms with Crippen LogP contribution in [0.2, 0.25) is 0 Å². The van der Waals surface area contributed by atoms with Crippen molar-refractivity contribution in [2.45, 2.75) is 37.6 Å². The molecule has 1 aromatic rings. The third-order valence-electron chi connectivity index (χ3n) is 3.61. The van der Waals surface area contributed by atoms with Crippen LogP contribution in [0.4, 0.5) is 0 Å². The Balaban J connectivity index is 2.44. The topological polar surface area (TPSA) is 63.7 Å². The van der Waals surface area contributed by atoms with Crippen molar-refractivity contribution in [3.05, 3.63) is 29.3 Å². The third kappa shape index (κ3) is 2.58. The van der Waals surface area contributed by atoms with E-state index in [-0.39, 0.29) is 4.90 Å². The number of ether oxygens (including phenoxy) is 1. The Morgan fingerprint density at radius 1 is 1.35 bits per heavy atom. The third-order valence-corrected chi connectivity index (χ3v) is 5.66. The van der Waals surface area contributed by atoms with E-state index in [0.29, 0.717) is 24.9 Å². The molecule has 0 aromatic heterocycles. The molecule has 0 amide bonds. The van der Waals surface area contributed by atoms with Gasteiger partial charge in [0, 0.05) is 6.54 Å². The fourth-order valence-electron chi connectivity index (χ4n) is 2.51. The summed E-state index contributed by atoms with van der Waals surface area (Å²) in [4.78, 5) is 12.0. The lowest BCUT2D eigenvalue weighted by atomic mass is 10.2. The van der Waals surface area contributed by atoms with E-state index in [1.807, 2.05) is 13.0 Å². The predicted molar refractivity (Wildman–Crippen MR) is 74.8 cm³/mol. The Morgan fingerprint density at radius 3 is 2.70 bits per heavy atom. The average Bonchev–Trinajstić information content (AvgIpc) is 2.90. The van der Waals surface area contributed by atoms with E-state index in [1.165, 1.54) is 11.4 Å². The van der Waals surface area contributed by atoms with E-state index in [9.17, 15) is 13.2 Å². The molecule has 1 aromatic carbocycles. The summed E-state index contributed by atoms with van der Waals surface area (Å²) in [6, 6.07) is 4.60. The molecule has 110 valence electrons. The minimum absolute atomic E-state index is 0.272. The van der Waals surface area contributed by atoms with Gasteiger partial charge in [0.25, 0.3) is 0 Å². The van der Waals surface area contributed by atoms with Gasteiger partial charge in [0.2, 0.25) is 10.0 Å². The number of esters is 1. The van der Waals surface area contributed by atoms with Gasteiger partial charge in [-0.05, 0) is 43.9 Å². The molecule has 1 saturated heterocycles. The number of carbonyl (C=O) groups excluding carboxylic acids is 1. The summed E-state index contributed by atoms with van der Waals surface area (Å²) in [5.41, 5.74) is 1.56. The molecule has 5 nitrogen and oxygen atoms in total. The quantitative estimate of drug-likeness (QED) is 0.796. The maximum atomic E-state index is 12.8. The van der Waals surface area contributed by atoms with Crippen molar-refractivity contribution in [1.29, 1.82) is 0 Å². The number of rotatable bonds is 3. The first-order valence-electron chi connectivity index (χ1n) is 6.55. The van der Waals surface area contributed by atoms with Gasteiger partial charge in [-0.2, -0.15) is 4.31 Å². The zero-order valence-electron chi connectivity index (χ0n) is 11.9. The number of aryl methyl sites for hydroxylation is 2. The van der Waals surface area contributed by atoms with E-state index >= 15 is 0 Å². The first kappa shape index (κ1) is 15.0. The molecular weight excluding hydrogens is 278 g/mol. The highest BCUT2D eigenvalue weighted by Gasteiger charge is 2.40. The molecule has 2 rings (SSSR count). The lowest BCUT2D eigenvalue weighted by Gasteiger charge is -2.23. The maximum Gasteiger partial charge on any atom is 0.324 e. The van der Waals surface area contributed by atoms with Gasteiger partial charge >= 0.3 is 5.97 Å². The lowest BCUT2D eigenvalue weighted by Crippen LogP contribution is -2.41. The van der Waals surface area contributed by atoms with Gasteiger partial charge in [0.05, 0.1) is 12.0 Å². The van der Waals surface area contributed by atoms with Gasteiger partial charge in [0.1, 0.15) is 6.04 Å². The number of sulfonamides is 1. The minimum atomic E-state index is -3.66. The van der Waals surface area contributed by atoms with Gasteiger partial charge in [-0.25, -0.2) is 8.42 Å². The highest BCUT2D eigenvalue weighted by molar-refractivity contribution is 7.89. The molecule has 0 radical (unpaired) electrons. The van der Waals surface area contributed by atoms with Gasteiger partial charge in [-0.15, -0.1) is 0 Å². The van der Waals surface area contributed by atoms with Crippen molar-refractivity contribution < 1.29 is 17.9 Å². The summed E-state index contributed by atoms with van der Waals surface area (Å²) in [6.07, 6.45) is 1.18. The Bertz CT molecular complexity index is 624. The van der Waals surface area contributed by atoms with Crippen LogP contribution in [-0.2, 0) is 19.6 Å². The number of hydrogen-bond acceptors (Lipinski definition) is 4. The molecule has 0 aliphatic carbocycles. The zero-order valence-corrected chi connectivity index (χ0v) is 12.7. The number of carbonyl (C=O) groups is 1. The van der Waals surface area contributed by atoms with Gasteiger partial charge in [0.15, 0.2) is 0 Å². The van der Waals surface area contributed by atoms with Gasteiger partial charge in [-0.1, -0.05) is 12.1 Å². The largest absolute Gasteiger partial charge is 0.468 e. The van der Waals surface area contributed by atoms with E-state index in [1.54, 1.807) is 19.1 Å². The van der Waals surface area contributed by atoms with E-state index in [4.69, 9.17) is 4.74 Å². The summed E-state index contributed by atoms with van der Waals surface area (Å²) < 4.78 is 31.5. The van der Waals surface area contributed by atoms with Crippen LogP contribution >= 0.6 is 0 Å². The molecule has 0 bridgehead atoms. The standard InChI is InChI=1S/C14H19NO4S/c1-10-6-7-11(2)13(9-10)20(17,18)15-8-4-5-12(15)14(16)19-3/h6-7,9,12H,4-5,8H2,1-3H3. The Labute approximate surface area is 119 Å². The van der Waals surface area contributed by atoms with Crippen molar-refractivity contribution in [2.75, 3.05) is 13.7 Å². The van der Waals surface area contributed by atoms with Crippen LogP contribution in [0.1, 0.15) is 24.0 Å². The van der Waals surface area contributed by atoms with Crippen LogP contribution in [0, 0.1) is 13.8 Å². The summed E-state index contributed by atoms with van der Waals surface area (Å²) >= 11 is 0. The second-order valence-electron chi connectivity index (χ2n) is 5.07. The molecule has 6 heteroatoms. The highest BCUT2D eigenvalue weighted by Crippen LogP contribution is 2.28. The average molecular weight is 297 g/mol. The molecule has 0 N–H and O–H groups in total. The summed E-state index contributed by atoms with van der Waals surface area (Å²) in [6.45, 7) is 3.96. The molecule has 0 saturated carbocycles. The Morgan fingerprint density at radius 2 is 2.05 bits per heavy atom. The minimum Gasteiger partial charge on any atom is -0.468 e. The number of benzene rings is 1. The van der Waals surface area contributed by atoms with Crippen molar-refractivity contribution in [1.82, 2.24) is 4.31 Å². The first-order chi connectivity index (χ1) is 9.37. The molecule has 1 heterocycles. The van der Waals surface area contributed by atoms with Gasteiger partial charge in [-0.3, -0.25) is 4.79 Å². The molecule has 0 spiro atoms. The van der Waals surface area contributed by atoms with E-state index < -0.39 is 22.0 Å². The molecule has 1 aliphatic heterocycles. The fourth-order valence-corrected chi connectivity index (χ4v) is 4.47. The van der Waals surface area contributed by atoms with Crippen LogP contribution in [0.25, 0.3) is 0 Å². The monoisotopic (exact) mass is 297 g/mol. The van der Waals surface area contributed by atoms with Crippen molar-refractivity contribution in [2.24, 2.45) is 0 Å². The summed E-state index contributed by atoms with van der Waals surface area (Å²) in [5, 5.41) is 0. The fraction of sp³-hybridized carbons (Fsp3) is 0.500. The van der Waals surface area contributed by atoms with Crippen LogP contribution in [0.5, 0.6) is 0 Å². The van der Waals surface area contributed by atoms with Crippen molar-refractivity contribution in [3.63, 3.8) is 0 Å².